The average Bonchev–Trinajstić information content (AvgIpc) is 2.55. The standard InChI is InChI=1S/C18H20FNO3/c1-11(2)17-14(9-21)16(12-5-7-13(19)8-6-12)15(10-22-3)18(20-17)23-4/h5-9,11H,10H2,1-4H3. The monoisotopic (exact) mass is 317 g/mol. The number of aromatic nitrogens is 1. The van der Waals surface area contributed by atoms with E-state index in [0.29, 0.717) is 28.3 Å². The summed E-state index contributed by atoms with van der Waals surface area (Å²) in [5.41, 5.74) is 3.21. The van der Waals surface area contributed by atoms with Gasteiger partial charge in [0, 0.05) is 23.8 Å². The van der Waals surface area contributed by atoms with Crippen LogP contribution in [-0.2, 0) is 11.3 Å². The topological polar surface area (TPSA) is 48.4 Å². The summed E-state index contributed by atoms with van der Waals surface area (Å²) in [6.07, 6.45) is 0.791. The molecule has 2 aromatic rings. The molecule has 0 amide bonds. The SMILES string of the molecule is COCc1c(OC)nc(C(C)C)c(C=O)c1-c1ccc(F)cc1. The summed E-state index contributed by atoms with van der Waals surface area (Å²) < 4.78 is 23.9. The van der Waals surface area contributed by atoms with Crippen LogP contribution in [0.4, 0.5) is 4.39 Å². The van der Waals surface area contributed by atoms with Gasteiger partial charge >= 0.3 is 0 Å². The van der Waals surface area contributed by atoms with Crippen LogP contribution in [0.5, 0.6) is 5.88 Å². The minimum atomic E-state index is -0.334. The summed E-state index contributed by atoms with van der Waals surface area (Å²) in [6.45, 7) is 4.15. The van der Waals surface area contributed by atoms with Crippen LogP contribution in [-0.4, -0.2) is 25.5 Å². The number of hydrogen-bond acceptors (Lipinski definition) is 4. The first-order valence-corrected chi connectivity index (χ1v) is 7.34. The highest BCUT2D eigenvalue weighted by atomic mass is 19.1. The number of aldehydes is 1. The Kier molecular flexibility index (Phi) is 5.45. The summed E-state index contributed by atoms with van der Waals surface area (Å²) in [7, 11) is 3.09. The van der Waals surface area contributed by atoms with Crippen molar-refractivity contribution >= 4 is 6.29 Å². The van der Waals surface area contributed by atoms with Crippen molar-refractivity contribution in [2.45, 2.75) is 26.4 Å². The smallest absolute Gasteiger partial charge is 0.219 e. The van der Waals surface area contributed by atoms with Crippen LogP contribution in [0.2, 0.25) is 0 Å². The Morgan fingerprint density at radius 3 is 2.35 bits per heavy atom. The van der Waals surface area contributed by atoms with Crippen LogP contribution in [0.15, 0.2) is 24.3 Å². The molecular formula is C18H20FNO3. The zero-order valence-electron chi connectivity index (χ0n) is 13.7. The molecule has 5 heteroatoms. The zero-order valence-corrected chi connectivity index (χ0v) is 13.7. The van der Waals surface area contributed by atoms with Crippen LogP contribution in [0.3, 0.4) is 0 Å². The number of carbonyl (C=O) groups is 1. The maximum atomic E-state index is 13.3. The summed E-state index contributed by atoms with van der Waals surface area (Å²) in [5.74, 6) is 0.125. The molecule has 0 aliphatic carbocycles. The van der Waals surface area contributed by atoms with Gasteiger partial charge in [-0.1, -0.05) is 26.0 Å². The number of pyridine rings is 1. The number of hydrogen-bond donors (Lipinski definition) is 0. The first-order chi connectivity index (χ1) is 11.0. The van der Waals surface area contributed by atoms with Crippen molar-refractivity contribution in [2.24, 2.45) is 0 Å². The number of benzene rings is 1. The molecule has 0 N–H and O–H groups in total. The molecule has 122 valence electrons. The number of nitrogens with zero attached hydrogens (tertiary/aromatic N) is 1. The average molecular weight is 317 g/mol. The molecule has 0 saturated carbocycles. The van der Waals surface area contributed by atoms with Crippen LogP contribution in [0.1, 0.15) is 41.4 Å². The van der Waals surface area contributed by atoms with Gasteiger partial charge in [0.05, 0.1) is 19.4 Å². The van der Waals surface area contributed by atoms with E-state index in [1.165, 1.54) is 19.2 Å². The largest absolute Gasteiger partial charge is 0.481 e. The Morgan fingerprint density at radius 1 is 1.22 bits per heavy atom. The first-order valence-electron chi connectivity index (χ1n) is 7.34. The third-order valence-electron chi connectivity index (χ3n) is 3.61. The molecule has 1 heterocycles. The van der Waals surface area contributed by atoms with Crippen molar-refractivity contribution in [1.82, 2.24) is 4.98 Å². The maximum Gasteiger partial charge on any atom is 0.219 e. The summed E-state index contributed by atoms with van der Waals surface area (Å²) in [5, 5.41) is 0. The lowest BCUT2D eigenvalue weighted by Crippen LogP contribution is -2.09. The molecular weight excluding hydrogens is 297 g/mol. The zero-order chi connectivity index (χ0) is 17.0. The van der Waals surface area contributed by atoms with E-state index >= 15 is 0 Å². The minimum absolute atomic E-state index is 0.0416. The van der Waals surface area contributed by atoms with Gasteiger partial charge in [0.25, 0.3) is 0 Å². The lowest BCUT2D eigenvalue weighted by molar-refractivity contribution is 0.112. The summed E-state index contributed by atoms with van der Waals surface area (Å²) in [4.78, 5) is 16.2. The number of rotatable bonds is 6. The van der Waals surface area contributed by atoms with E-state index in [2.05, 4.69) is 4.98 Å². The van der Waals surface area contributed by atoms with E-state index in [1.807, 2.05) is 13.8 Å². The van der Waals surface area contributed by atoms with Gasteiger partial charge in [0.15, 0.2) is 6.29 Å². The third kappa shape index (κ3) is 3.40. The van der Waals surface area contributed by atoms with Gasteiger partial charge in [-0.05, 0) is 23.6 Å². The predicted molar refractivity (Wildman–Crippen MR) is 86.4 cm³/mol. The van der Waals surface area contributed by atoms with E-state index < -0.39 is 0 Å². The molecule has 0 atom stereocenters. The van der Waals surface area contributed by atoms with E-state index in [0.717, 1.165) is 11.8 Å². The van der Waals surface area contributed by atoms with Crippen LogP contribution >= 0.6 is 0 Å². The van der Waals surface area contributed by atoms with Crippen molar-refractivity contribution in [1.29, 1.82) is 0 Å². The molecule has 0 saturated heterocycles. The number of ether oxygens (including phenoxy) is 2. The lowest BCUT2D eigenvalue weighted by atomic mass is 9.91. The molecule has 0 spiro atoms. The molecule has 0 unspecified atom stereocenters. The number of carbonyl (C=O) groups excluding carboxylic acids is 1. The lowest BCUT2D eigenvalue weighted by Gasteiger charge is -2.19. The van der Waals surface area contributed by atoms with Gasteiger partial charge in [0.2, 0.25) is 5.88 Å². The van der Waals surface area contributed by atoms with E-state index in [4.69, 9.17) is 9.47 Å². The Balaban J connectivity index is 2.84. The quantitative estimate of drug-likeness (QED) is 0.756. The third-order valence-corrected chi connectivity index (χ3v) is 3.61. The molecule has 0 aliphatic heterocycles. The van der Waals surface area contributed by atoms with Crippen molar-refractivity contribution in [3.05, 3.63) is 46.9 Å². The fourth-order valence-corrected chi connectivity index (χ4v) is 2.59. The van der Waals surface area contributed by atoms with E-state index in [9.17, 15) is 9.18 Å². The fraction of sp³-hybridized carbons (Fsp3) is 0.333. The van der Waals surface area contributed by atoms with Crippen molar-refractivity contribution in [3.63, 3.8) is 0 Å². The van der Waals surface area contributed by atoms with E-state index in [1.54, 1.807) is 19.2 Å². The van der Waals surface area contributed by atoms with Gasteiger partial charge in [-0.25, -0.2) is 9.37 Å². The van der Waals surface area contributed by atoms with Gasteiger partial charge in [-0.2, -0.15) is 0 Å². The Labute approximate surface area is 135 Å². The Bertz CT molecular complexity index is 696. The van der Waals surface area contributed by atoms with Crippen molar-refractivity contribution < 1.29 is 18.7 Å². The highest BCUT2D eigenvalue weighted by Gasteiger charge is 2.22. The molecule has 0 aliphatic rings. The molecule has 4 nitrogen and oxygen atoms in total. The molecule has 1 aromatic heterocycles. The Hall–Kier alpha value is -2.27. The summed E-state index contributed by atoms with van der Waals surface area (Å²) >= 11 is 0. The van der Waals surface area contributed by atoms with Gasteiger partial charge in [-0.3, -0.25) is 4.79 Å². The highest BCUT2D eigenvalue weighted by molar-refractivity contribution is 5.91. The van der Waals surface area contributed by atoms with Crippen molar-refractivity contribution in [3.8, 4) is 17.0 Å². The second-order valence-corrected chi connectivity index (χ2v) is 5.49. The van der Waals surface area contributed by atoms with Crippen LogP contribution in [0.25, 0.3) is 11.1 Å². The van der Waals surface area contributed by atoms with Gasteiger partial charge < -0.3 is 9.47 Å². The minimum Gasteiger partial charge on any atom is -0.481 e. The molecule has 0 radical (unpaired) electrons. The fourth-order valence-electron chi connectivity index (χ4n) is 2.59. The summed E-state index contributed by atoms with van der Waals surface area (Å²) in [6, 6.07) is 6.01. The predicted octanol–water partition coefficient (Wildman–Crippen LogP) is 3.98. The number of methoxy groups -OCH3 is 2. The second kappa shape index (κ2) is 7.33. The molecule has 23 heavy (non-hydrogen) atoms. The first kappa shape index (κ1) is 17.1. The maximum absolute atomic E-state index is 13.3. The molecule has 1 aromatic carbocycles. The number of halogens is 1. The van der Waals surface area contributed by atoms with Crippen LogP contribution < -0.4 is 4.74 Å². The Morgan fingerprint density at radius 2 is 1.87 bits per heavy atom. The normalized spacial score (nSPS) is 10.9. The van der Waals surface area contributed by atoms with E-state index in [-0.39, 0.29) is 18.3 Å². The van der Waals surface area contributed by atoms with Crippen molar-refractivity contribution in [2.75, 3.05) is 14.2 Å². The van der Waals surface area contributed by atoms with Gasteiger partial charge in [0.1, 0.15) is 5.82 Å². The highest BCUT2D eigenvalue weighted by Crippen LogP contribution is 2.36. The van der Waals surface area contributed by atoms with Gasteiger partial charge in [-0.15, -0.1) is 0 Å². The molecule has 0 bridgehead atoms. The molecule has 2 rings (SSSR count). The second-order valence-electron chi connectivity index (χ2n) is 5.49. The van der Waals surface area contributed by atoms with Crippen LogP contribution in [0, 0.1) is 5.82 Å². The molecule has 0 fully saturated rings.